The van der Waals surface area contributed by atoms with Gasteiger partial charge in [0.25, 0.3) is 0 Å². The van der Waals surface area contributed by atoms with E-state index in [0.717, 1.165) is 5.19 Å². The average Bonchev–Trinajstić information content (AvgIpc) is 2.33. The maximum absolute atomic E-state index is 10.7. The predicted octanol–water partition coefficient (Wildman–Crippen LogP) is 0.470. The van der Waals surface area contributed by atoms with Crippen molar-refractivity contribution >= 4 is 20.0 Å². The Bertz CT molecular complexity index is 350. The van der Waals surface area contributed by atoms with E-state index in [1.165, 1.54) is 33.5 Å². The van der Waals surface area contributed by atoms with Crippen molar-refractivity contribution in [2.24, 2.45) is 0 Å². The highest BCUT2D eigenvalue weighted by molar-refractivity contribution is 6.75. The summed E-state index contributed by atoms with van der Waals surface area (Å²) in [5.41, 5.74) is 0.218. The predicted molar refractivity (Wildman–Crippen MR) is 59.8 cm³/mol. The van der Waals surface area contributed by atoms with Crippen molar-refractivity contribution in [1.82, 2.24) is 0 Å². The van der Waals surface area contributed by atoms with Crippen molar-refractivity contribution in [2.75, 3.05) is 21.3 Å². The first-order valence-corrected chi connectivity index (χ1v) is 6.31. The van der Waals surface area contributed by atoms with Crippen LogP contribution >= 0.6 is 0 Å². The molecule has 0 bridgehead atoms. The molecule has 0 spiro atoms. The molecule has 0 saturated carbocycles. The summed E-state index contributed by atoms with van der Waals surface area (Å²) in [6.07, 6.45) is 0. The van der Waals surface area contributed by atoms with Gasteiger partial charge in [-0.2, -0.15) is 0 Å². The Morgan fingerprint density at radius 3 is 1.81 bits per heavy atom. The van der Waals surface area contributed by atoms with Crippen LogP contribution in [0.15, 0.2) is 24.3 Å². The molecule has 0 unspecified atom stereocenters. The zero-order valence-electron chi connectivity index (χ0n) is 9.39. The highest BCUT2D eigenvalue weighted by Gasteiger charge is 2.40. The lowest BCUT2D eigenvalue weighted by molar-refractivity contribution is 0.0696. The normalized spacial score (nSPS) is 11.4. The van der Waals surface area contributed by atoms with Crippen molar-refractivity contribution in [2.45, 2.75) is 0 Å². The Morgan fingerprint density at radius 1 is 1.06 bits per heavy atom. The number of aromatic carboxylic acids is 1. The monoisotopic (exact) mass is 242 g/mol. The molecule has 1 aromatic carbocycles. The molecule has 1 N–H and O–H groups in total. The van der Waals surface area contributed by atoms with Crippen molar-refractivity contribution in [3.63, 3.8) is 0 Å². The number of carbonyl (C=O) groups is 1. The van der Waals surface area contributed by atoms with Crippen molar-refractivity contribution < 1.29 is 23.2 Å². The molecule has 0 aromatic heterocycles. The summed E-state index contributed by atoms with van der Waals surface area (Å²) >= 11 is 0. The van der Waals surface area contributed by atoms with Crippen LogP contribution in [0.1, 0.15) is 10.4 Å². The highest BCUT2D eigenvalue weighted by atomic mass is 28.4. The number of benzene rings is 1. The first kappa shape index (κ1) is 12.9. The number of hydrogen-bond donors (Lipinski definition) is 1. The van der Waals surface area contributed by atoms with Gasteiger partial charge >= 0.3 is 14.8 Å². The van der Waals surface area contributed by atoms with Gasteiger partial charge in [0.1, 0.15) is 0 Å². The molecule has 1 rings (SSSR count). The zero-order chi connectivity index (χ0) is 12.2. The van der Waals surface area contributed by atoms with E-state index < -0.39 is 14.8 Å². The SMILES string of the molecule is CO[Si](OC)(OC)c1ccc(C(=O)O)cc1. The largest absolute Gasteiger partial charge is 0.536 e. The van der Waals surface area contributed by atoms with E-state index in [0.29, 0.717) is 0 Å². The maximum atomic E-state index is 10.7. The quantitative estimate of drug-likeness (QED) is 0.760. The van der Waals surface area contributed by atoms with E-state index in [-0.39, 0.29) is 5.56 Å². The van der Waals surface area contributed by atoms with Crippen LogP contribution in [0.5, 0.6) is 0 Å². The van der Waals surface area contributed by atoms with Crippen LogP contribution in [0.2, 0.25) is 0 Å². The molecule has 1 aromatic rings. The van der Waals surface area contributed by atoms with Gasteiger partial charge < -0.3 is 18.4 Å². The van der Waals surface area contributed by atoms with E-state index in [1.807, 2.05) is 0 Å². The van der Waals surface area contributed by atoms with Gasteiger partial charge in [-0.1, -0.05) is 12.1 Å². The molecule has 0 radical (unpaired) electrons. The second kappa shape index (κ2) is 5.22. The lowest BCUT2D eigenvalue weighted by atomic mass is 10.2. The van der Waals surface area contributed by atoms with Crippen molar-refractivity contribution in [3.05, 3.63) is 29.8 Å². The molecule has 0 amide bonds. The summed E-state index contributed by atoms with van der Waals surface area (Å²) in [5.74, 6) is -0.967. The van der Waals surface area contributed by atoms with E-state index in [9.17, 15) is 4.79 Å². The van der Waals surface area contributed by atoms with E-state index in [2.05, 4.69) is 0 Å². The summed E-state index contributed by atoms with van der Waals surface area (Å²) in [6.45, 7) is 0. The van der Waals surface area contributed by atoms with Crippen LogP contribution in [-0.2, 0) is 13.3 Å². The summed E-state index contributed by atoms with van der Waals surface area (Å²) in [6, 6.07) is 6.28. The molecule has 0 fully saturated rings. The zero-order valence-corrected chi connectivity index (χ0v) is 10.4. The third-order valence-electron chi connectivity index (χ3n) is 2.29. The topological polar surface area (TPSA) is 65.0 Å². The van der Waals surface area contributed by atoms with Gasteiger partial charge in [-0.15, -0.1) is 0 Å². The fraction of sp³-hybridized carbons (Fsp3) is 0.300. The van der Waals surface area contributed by atoms with Gasteiger partial charge in [0, 0.05) is 26.5 Å². The van der Waals surface area contributed by atoms with Crippen molar-refractivity contribution in [3.8, 4) is 0 Å². The van der Waals surface area contributed by atoms with Crippen LogP contribution in [0.4, 0.5) is 0 Å². The Balaban J connectivity index is 3.08. The summed E-state index contributed by atoms with van der Waals surface area (Å²) < 4.78 is 15.8. The smallest absolute Gasteiger partial charge is 0.478 e. The molecule has 6 heteroatoms. The second-order valence-corrected chi connectivity index (χ2v) is 5.97. The summed E-state index contributed by atoms with van der Waals surface area (Å²) in [7, 11) is 1.67. The lowest BCUT2D eigenvalue weighted by Gasteiger charge is -2.24. The molecule has 0 aliphatic carbocycles. The Hall–Kier alpha value is -1.21. The van der Waals surface area contributed by atoms with Gasteiger partial charge in [0.05, 0.1) is 5.56 Å². The highest BCUT2D eigenvalue weighted by Crippen LogP contribution is 2.08. The van der Waals surface area contributed by atoms with Gasteiger partial charge in [-0.05, 0) is 12.1 Å². The lowest BCUT2D eigenvalue weighted by Crippen LogP contribution is -2.54. The number of rotatable bonds is 5. The van der Waals surface area contributed by atoms with E-state index >= 15 is 0 Å². The standard InChI is InChI=1S/C10H14O5Si/c1-13-16(14-2,15-3)9-6-4-8(5-7-9)10(11)12/h4-7H,1-3H3,(H,11,12). The minimum Gasteiger partial charge on any atom is -0.478 e. The van der Waals surface area contributed by atoms with Gasteiger partial charge in [-0.3, -0.25) is 0 Å². The van der Waals surface area contributed by atoms with E-state index in [1.54, 1.807) is 12.1 Å². The second-order valence-electron chi connectivity index (χ2n) is 3.05. The molecule has 5 nitrogen and oxygen atoms in total. The number of hydrogen-bond acceptors (Lipinski definition) is 4. The summed E-state index contributed by atoms with van der Waals surface area (Å²) in [5, 5.41) is 9.49. The van der Waals surface area contributed by atoms with Crippen LogP contribution in [0.3, 0.4) is 0 Å². The van der Waals surface area contributed by atoms with Gasteiger partial charge in [0.15, 0.2) is 0 Å². The third kappa shape index (κ3) is 2.30. The molecule has 0 saturated heterocycles. The molecule has 0 aliphatic heterocycles. The number of carboxylic acids is 1. The molecule has 16 heavy (non-hydrogen) atoms. The molecular formula is C10H14O5Si. The fourth-order valence-corrected chi connectivity index (χ4v) is 3.20. The Morgan fingerprint density at radius 2 is 1.50 bits per heavy atom. The molecular weight excluding hydrogens is 228 g/mol. The average molecular weight is 242 g/mol. The maximum Gasteiger partial charge on any atom is 0.536 e. The molecule has 0 atom stereocenters. The van der Waals surface area contributed by atoms with Crippen molar-refractivity contribution in [1.29, 1.82) is 0 Å². The molecule has 0 heterocycles. The fourth-order valence-electron chi connectivity index (χ4n) is 1.42. The number of carboxylic acid groups (broad SMARTS) is 1. The Labute approximate surface area is 94.9 Å². The summed E-state index contributed by atoms with van der Waals surface area (Å²) in [4.78, 5) is 10.7. The van der Waals surface area contributed by atoms with Crippen LogP contribution in [0.25, 0.3) is 0 Å². The minimum absolute atomic E-state index is 0.218. The van der Waals surface area contributed by atoms with Crippen LogP contribution in [0, 0.1) is 0 Å². The van der Waals surface area contributed by atoms with Gasteiger partial charge in [-0.25, -0.2) is 4.79 Å². The molecule has 0 aliphatic rings. The first-order valence-electron chi connectivity index (χ1n) is 4.59. The first-order chi connectivity index (χ1) is 7.59. The van der Waals surface area contributed by atoms with Crippen LogP contribution < -0.4 is 5.19 Å². The van der Waals surface area contributed by atoms with Crippen LogP contribution in [-0.4, -0.2) is 41.2 Å². The van der Waals surface area contributed by atoms with E-state index in [4.69, 9.17) is 18.4 Å². The Kier molecular flexibility index (Phi) is 4.19. The minimum atomic E-state index is -2.84. The molecule has 88 valence electrons. The third-order valence-corrected chi connectivity index (χ3v) is 4.94. The van der Waals surface area contributed by atoms with Gasteiger partial charge in [0.2, 0.25) is 0 Å².